The van der Waals surface area contributed by atoms with Crippen LogP contribution < -0.4 is 16.1 Å². The van der Waals surface area contributed by atoms with Crippen molar-refractivity contribution in [1.82, 2.24) is 15.2 Å². The fraction of sp³-hybridized carbons (Fsp3) is 0.417. The lowest BCUT2D eigenvalue weighted by molar-refractivity contribution is -0.145. The number of nitrogens with one attached hydrogen (secondary N) is 1. The first-order valence-corrected chi connectivity index (χ1v) is 11.1. The van der Waals surface area contributed by atoms with Crippen LogP contribution in [0.5, 0.6) is 0 Å². The number of pyridine rings is 1. The summed E-state index contributed by atoms with van der Waals surface area (Å²) in [5.41, 5.74) is 7.07. The summed E-state index contributed by atoms with van der Waals surface area (Å²) >= 11 is 0. The molecule has 3 N–H and O–H groups in total. The van der Waals surface area contributed by atoms with E-state index in [0.717, 1.165) is 22.7 Å². The van der Waals surface area contributed by atoms with Crippen LogP contribution in [-0.2, 0) is 32.2 Å². The van der Waals surface area contributed by atoms with Crippen LogP contribution in [0.1, 0.15) is 31.0 Å². The summed E-state index contributed by atoms with van der Waals surface area (Å²) in [6.45, 7) is 3.05. The van der Waals surface area contributed by atoms with Crippen molar-refractivity contribution in [3.05, 3.63) is 59.9 Å². The topological polar surface area (TPSA) is 118 Å². The summed E-state index contributed by atoms with van der Waals surface area (Å²) in [7, 11) is 0. The highest BCUT2D eigenvalue weighted by molar-refractivity contribution is 5.84. The molecule has 1 saturated heterocycles. The molecule has 1 aromatic heterocycles. The highest BCUT2D eigenvalue weighted by Gasteiger charge is 2.43. The van der Waals surface area contributed by atoms with Crippen molar-refractivity contribution in [2.45, 2.75) is 32.7 Å². The van der Waals surface area contributed by atoms with Gasteiger partial charge < -0.3 is 16.0 Å². The van der Waals surface area contributed by atoms with Gasteiger partial charge in [0.25, 0.3) is 0 Å². The van der Waals surface area contributed by atoms with Gasteiger partial charge >= 0.3 is 0 Å². The predicted octanol–water partition coefficient (Wildman–Crippen LogP) is 1.42. The molecule has 1 fully saturated rings. The van der Waals surface area contributed by atoms with E-state index in [4.69, 9.17) is 10.6 Å². The molecule has 1 aliphatic heterocycles. The van der Waals surface area contributed by atoms with Gasteiger partial charge in [0.1, 0.15) is 0 Å². The Kier molecular flexibility index (Phi) is 8.51. The van der Waals surface area contributed by atoms with Crippen LogP contribution in [0, 0.1) is 5.41 Å². The third-order valence-electron chi connectivity index (χ3n) is 6.06. The number of carbonyl (C=O) groups excluding carboxylic acids is 3. The summed E-state index contributed by atoms with van der Waals surface area (Å²) in [5, 5.41) is 4.09. The Morgan fingerprint density at radius 1 is 1.21 bits per heavy atom. The molecule has 1 aromatic carbocycles. The summed E-state index contributed by atoms with van der Waals surface area (Å²) < 4.78 is 0. The molecule has 0 saturated carbocycles. The van der Waals surface area contributed by atoms with Gasteiger partial charge in [-0.2, -0.15) is 5.06 Å². The number of amides is 3. The van der Waals surface area contributed by atoms with Gasteiger partial charge in [-0.05, 0) is 49.1 Å². The SMILES string of the molecule is CCc1ccc(N(C=O)OCC2(C(=O)NCc3ccccn3)CCN(C(=O)CN)CC2)cc1. The summed E-state index contributed by atoms with van der Waals surface area (Å²) in [6, 6.07) is 13.0. The van der Waals surface area contributed by atoms with Crippen molar-refractivity contribution in [3.63, 3.8) is 0 Å². The zero-order chi connectivity index (χ0) is 23.7. The first kappa shape index (κ1) is 24.3. The molecule has 0 unspecified atom stereocenters. The van der Waals surface area contributed by atoms with Gasteiger partial charge in [-0.1, -0.05) is 25.1 Å². The lowest BCUT2D eigenvalue weighted by Gasteiger charge is -2.40. The number of hydrogen-bond acceptors (Lipinski definition) is 6. The Hall–Kier alpha value is -3.30. The molecule has 0 aliphatic carbocycles. The van der Waals surface area contributed by atoms with E-state index in [1.807, 2.05) is 42.5 Å². The maximum Gasteiger partial charge on any atom is 0.238 e. The second kappa shape index (κ2) is 11.5. The van der Waals surface area contributed by atoms with Crippen LogP contribution in [0.15, 0.2) is 48.7 Å². The zero-order valence-electron chi connectivity index (χ0n) is 18.9. The number of aromatic nitrogens is 1. The number of aryl methyl sites for hydroxylation is 1. The largest absolute Gasteiger partial charge is 0.350 e. The predicted molar refractivity (Wildman–Crippen MR) is 124 cm³/mol. The summed E-state index contributed by atoms with van der Waals surface area (Å²) in [6.07, 6.45) is 3.94. The number of likely N-dealkylation sites (tertiary alicyclic amines) is 1. The van der Waals surface area contributed by atoms with Crippen LogP contribution in [0.3, 0.4) is 0 Å². The maximum absolute atomic E-state index is 13.3. The molecular weight excluding hydrogens is 422 g/mol. The van der Waals surface area contributed by atoms with E-state index in [-0.39, 0.29) is 31.5 Å². The third kappa shape index (κ3) is 6.15. The molecule has 0 spiro atoms. The van der Waals surface area contributed by atoms with Crippen molar-refractivity contribution in [2.75, 3.05) is 31.3 Å². The van der Waals surface area contributed by atoms with Gasteiger partial charge in [0.05, 0.1) is 36.5 Å². The molecule has 3 amide bonds. The van der Waals surface area contributed by atoms with Gasteiger partial charge in [-0.15, -0.1) is 0 Å². The van der Waals surface area contributed by atoms with Crippen molar-refractivity contribution < 1.29 is 19.2 Å². The second-order valence-electron chi connectivity index (χ2n) is 8.09. The smallest absolute Gasteiger partial charge is 0.238 e. The minimum Gasteiger partial charge on any atom is -0.350 e. The van der Waals surface area contributed by atoms with E-state index < -0.39 is 5.41 Å². The van der Waals surface area contributed by atoms with E-state index in [2.05, 4.69) is 17.2 Å². The first-order chi connectivity index (χ1) is 16.0. The van der Waals surface area contributed by atoms with E-state index in [1.165, 1.54) is 0 Å². The number of piperidine rings is 1. The highest BCUT2D eigenvalue weighted by Crippen LogP contribution is 2.33. The van der Waals surface area contributed by atoms with Crippen LogP contribution in [0.2, 0.25) is 0 Å². The molecule has 9 nitrogen and oxygen atoms in total. The molecule has 176 valence electrons. The number of hydroxylamine groups is 1. The van der Waals surface area contributed by atoms with Crippen LogP contribution in [0.4, 0.5) is 5.69 Å². The fourth-order valence-electron chi connectivity index (χ4n) is 3.85. The Labute approximate surface area is 193 Å². The Balaban J connectivity index is 1.72. The van der Waals surface area contributed by atoms with Gasteiger partial charge in [0.15, 0.2) is 0 Å². The van der Waals surface area contributed by atoms with E-state index >= 15 is 0 Å². The number of nitrogens with two attached hydrogens (primary N) is 1. The molecule has 1 aliphatic rings. The minimum atomic E-state index is -0.898. The average molecular weight is 454 g/mol. The van der Waals surface area contributed by atoms with Crippen LogP contribution in [0.25, 0.3) is 0 Å². The fourth-order valence-corrected chi connectivity index (χ4v) is 3.85. The van der Waals surface area contributed by atoms with Crippen molar-refractivity contribution >= 4 is 23.9 Å². The van der Waals surface area contributed by atoms with Gasteiger partial charge in [-0.3, -0.25) is 24.2 Å². The number of hydrogen-bond donors (Lipinski definition) is 2. The quantitative estimate of drug-likeness (QED) is 0.415. The molecular formula is C24H31N5O4. The van der Waals surface area contributed by atoms with Gasteiger partial charge in [0.2, 0.25) is 18.2 Å². The standard InChI is InChI=1S/C24H31N5O4/c1-2-19-6-8-21(9-7-19)29(18-30)33-17-24(10-13-28(14-11-24)22(31)15-25)23(32)27-16-20-5-3-4-12-26-20/h3-9,12,18H,2,10-11,13-17,25H2,1H3,(H,27,32). The number of benzene rings is 1. The number of nitrogens with zero attached hydrogens (tertiary/aromatic N) is 3. The monoisotopic (exact) mass is 453 g/mol. The molecule has 3 rings (SSSR count). The molecule has 2 heterocycles. The molecule has 0 bridgehead atoms. The molecule has 0 radical (unpaired) electrons. The lowest BCUT2D eigenvalue weighted by Crippen LogP contribution is -2.53. The molecule has 0 atom stereocenters. The number of anilines is 1. The zero-order valence-corrected chi connectivity index (χ0v) is 18.9. The van der Waals surface area contributed by atoms with Crippen molar-refractivity contribution in [3.8, 4) is 0 Å². The molecule has 33 heavy (non-hydrogen) atoms. The van der Waals surface area contributed by atoms with Gasteiger partial charge in [-0.25, -0.2) is 0 Å². The van der Waals surface area contributed by atoms with Gasteiger partial charge in [0, 0.05) is 19.3 Å². The van der Waals surface area contributed by atoms with Crippen molar-refractivity contribution in [1.29, 1.82) is 0 Å². The normalized spacial score (nSPS) is 15.0. The first-order valence-electron chi connectivity index (χ1n) is 11.1. The Morgan fingerprint density at radius 3 is 2.52 bits per heavy atom. The average Bonchev–Trinajstić information content (AvgIpc) is 2.88. The Bertz CT molecular complexity index is 928. The van der Waals surface area contributed by atoms with Crippen LogP contribution >= 0.6 is 0 Å². The Morgan fingerprint density at radius 2 is 1.94 bits per heavy atom. The molecule has 9 heteroatoms. The van der Waals surface area contributed by atoms with E-state index in [9.17, 15) is 14.4 Å². The van der Waals surface area contributed by atoms with Crippen molar-refractivity contribution in [2.24, 2.45) is 11.1 Å². The highest BCUT2D eigenvalue weighted by atomic mass is 16.7. The second-order valence-corrected chi connectivity index (χ2v) is 8.09. The van der Waals surface area contributed by atoms with Crippen LogP contribution in [-0.4, -0.2) is 54.3 Å². The maximum atomic E-state index is 13.3. The summed E-state index contributed by atoms with van der Waals surface area (Å²) in [4.78, 5) is 48.8. The van der Waals surface area contributed by atoms with E-state index in [0.29, 0.717) is 38.0 Å². The number of rotatable bonds is 10. The molecule has 2 aromatic rings. The minimum absolute atomic E-state index is 0.0000235. The summed E-state index contributed by atoms with van der Waals surface area (Å²) in [5.74, 6) is -0.343. The lowest BCUT2D eigenvalue weighted by atomic mass is 9.78. The van der Waals surface area contributed by atoms with E-state index in [1.54, 1.807) is 11.1 Å². The number of carbonyl (C=O) groups is 3. The third-order valence-corrected chi connectivity index (χ3v) is 6.06.